The summed E-state index contributed by atoms with van der Waals surface area (Å²) in [5, 5.41) is 3.23. The molecule has 0 aliphatic heterocycles. The lowest BCUT2D eigenvalue weighted by Gasteiger charge is -2.33. The van der Waals surface area contributed by atoms with Crippen LogP contribution in [-0.4, -0.2) is 36.0 Å². The maximum atomic E-state index is 12.2. The zero-order chi connectivity index (χ0) is 11.6. The van der Waals surface area contributed by atoms with E-state index in [4.69, 9.17) is 0 Å². The van der Waals surface area contributed by atoms with Crippen molar-refractivity contribution in [1.29, 1.82) is 0 Å². The maximum absolute atomic E-state index is 12.2. The molecule has 1 unspecified atom stereocenters. The predicted octanol–water partition coefficient (Wildman–Crippen LogP) is 1.63. The molecular formula is C12H24N2O. The third-order valence-electron chi connectivity index (χ3n) is 3.39. The molecule has 0 spiro atoms. The first kappa shape index (κ1) is 12.5. The molecule has 15 heavy (non-hydrogen) atoms. The third-order valence-corrected chi connectivity index (χ3v) is 3.39. The molecule has 88 valence electrons. The molecule has 0 aromatic carbocycles. The van der Waals surface area contributed by atoms with Gasteiger partial charge in [-0.05, 0) is 46.1 Å². The van der Waals surface area contributed by atoms with Crippen molar-refractivity contribution in [3.63, 3.8) is 0 Å². The number of nitrogens with one attached hydrogen (secondary N) is 1. The van der Waals surface area contributed by atoms with Gasteiger partial charge in [0.15, 0.2) is 0 Å². The first-order chi connectivity index (χ1) is 6.90. The Labute approximate surface area is 93.2 Å². The zero-order valence-electron chi connectivity index (χ0n) is 10.6. The minimum absolute atomic E-state index is 0.198. The van der Waals surface area contributed by atoms with Crippen molar-refractivity contribution in [2.45, 2.75) is 52.1 Å². The number of nitrogens with zero attached hydrogens (tertiary/aromatic N) is 1. The molecule has 1 amide bonds. The van der Waals surface area contributed by atoms with E-state index in [9.17, 15) is 4.79 Å². The average molecular weight is 212 g/mol. The minimum Gasteiger partial charge on any atom is -0.341 e. The highest BCUT2D eigenvalue weighted by molar-refractivity contribution is 5.85. The number of carbonyl (C=O) groups excluding carboxylic acids is 1. The van der Waals surface area contributed by atoms with Crippen LogP contribution in [0.1, 0.15) is 40.5 Å². The molecule has 0 radical (unpaired) electrons. The van der Waals surface area contributed by atoms with Gasteiger partial charge in [-0.2, -0.15) is 0 Å². The third kappa shape index (κ3) is 2.94. The molecule has 1 atom stereocenters. The molecule has 1 N–H and O–H groups in total. The smallest absolute Gasteiger partial charge is 0.242 e. The van der Waals surface area contributed by atoms with E-state index in [0.717, 1.165) is 12.5 Å². The molecule has 0 aromatic rings. The summed E-state index contributed by atoms with van der Waals surface area (Å²) >= 11 is 0. The predicted molar refractivity (Wildman–Crippen MR) is 62.7 cm³/mol. The Bertz CT molecular complexity index is 234. The minimum atomic E-state index is -0.438. The second-order valence-electron chi connectivity index (χ2n) is 5.15. The van der Waals surface area contributed by atoms with E-state index in [1.807, 2.05) is 32.7 Å². The molecule has 0 saturated heterocycles. The summed E-state index contributed by atoms with van der Waals surface area (Å²) in [5.74, 6) is 0.931. The summed E-state index contributed by atoms with van der Waals surface area (Å²) in [5.41, 5.74) is -0.438. The molecule has 0 bridgehead atoms. The fourth-order valence-electron chi connectivity index (χ4n) is 2.04. The molecular weight excluding hydrogens is 188 g/mol. The molecule has 1 rings (SSSR count). The Morgan fingerprint density at radius 2 is 2.07 bits per heavy atom. The van der Waals surface area contributed by atoms with Crippen LogP contribution in [0.4, 0.5) is 0 Å². The number of carbonyl (C=O) groups is 1. The Balaban J connectivity index is 2.57. The van der Waals surface area contributed by atoms with Crippen LogP contribution >= 0.6 is 0 Å². The normalized spacial score (nSPS) is 18.7. The van der Waals surface area contributed by atoms with Gasteiger partial charge in [0.05, 0.1) is 5.54 Å². The lowest BCUT2D eigenvalue weighted by atomic mass is 10.0. The van der Waals surface area contributed by atoms with Gasteiger partial charge in [-0.1, -0.05) is 6.92 Å². The van der Waals surface area contributed by atoms with Crippen LogP contribution in [0.3, 0.4) is 0 Å². The second-order valence-corrected chi connectivity index (χ2v) is 5.15. The van der Waals surface area contributed by atoms with E-state index < -0.39 is 5.54 Å². The summed E-state index contributed by atoms with van der Waals surface area (Å²) in [6, 6.07) is 0.385. The fraction of sp³-hybridized carbons (Fsp3) is 0.917. The van der Waals surface area contributed by atoms with Crippen LogP contribution in [-0.2, 0) is 4.79 Å². The van der Waals surface area contributed by atoms with Gasteiger partial charge in [-0.3, -0.25) is 4.79 Å². The number of likely N-dealkylation sites (N-methyl/N-ethyl adjacent to an activating group) is 2. The monoisotopic (exact) mass is 212 g/mol. The van der Waals surface area contributed by atoms with E-state index >= 15 is 0 Å². The first-order valence-electron chi connectivity index (χ1n) is 5.92. The summed E-state index contributed by atoms with van der Waals surface area (Å²) in [6.07, 6.45) is 2.56. The highest BCUT2D eigenvalue weighted by Crippen LogP contribution is 2.35. The van der Waals surface area contributed by atoms with Crippen LogP contribution in [0.15, 0.2) is 0 Å². The molecule has 1 fully saturated rings. The molecule has 1 aliphatic carbocycles. The molecule has 0 heterocycles. The van der Waals surface area contributed by atoms with Gasteiger partial charge < -0.3 is 10.2 Å². The van der Waals surface area contributed by atoms with Crippen LogP contribution in [0.2, 0.25) is 0 Å². The summed E-state index contributed by atoms with van der Waals surface area (Å²) in [7, 11) is 1.92. The van der Waals surface area contributed by atoms with E-state index in [1.54, 1.807) is 0 Å². The maximum Gasteiger partial charge on any atom is 0.242 e. The van der Waals surface area contributed by atoms with E-state index in [-0.39, 0.29) is 5.91 Å². The highest BCUT2D eigenvalue weighted by atomic mass is 16.2. The van der Waals surface area contributed by atoms with Crippen LogP contribution in [0.5, 0.6) is 0 Å². The van der Waals surface area contributed by atoms with E-state index in [0.29, 0.717) is 6.04 Å². The SMILES string of the molecule is CCNC(C)(C)C(=O)N(C)C(C)C1CC1. The van der Waals surface area contributed by atoms with Gasteiger partial charge in [0.2, 0.25) is 5.91 Å². The lowest BCUT2D eigenvalue weighted by molar-refractivity contribution is -0.138. The van der Waals surface area contributed by atoms with Crippen LogP contribution in [0, 0.1) is 5.92 Å². The summed E-state index contributed by atoms with van der Waals surface area (Å²) in [4.78, 5) is 14.1. The fourth-order valence-corrected chi connectivity index (χ4v) is 2.04. The highest BCUT2D eigenvalue weighted by Gasteiger charge is 2.37. The van der Waals surface area contributed by atoms with Gasteiger partial charge in [-0.15, -0.1) is 0 Å². The van der Waals surface area contributed by atoms with Gasteiger partial charge in [0.1, 0.15) is 0 Å². The van der Waals surface area contributed by atoms with Crippen molar-refractivity contribution < 1.29 is 4.79 Å². The molecule has 3 nitrogen and oxygen atoms in total. The number of hydrogen-bond acceptors (Lipinski definition) is 2. The number of amides is 1. The van der Waals surface area contributed by atoms with Crippen molar-refractivity contribution >= 4 is 5.91 Å². The van der Waals surface area contributed by atoms with Gasteiger partial charge in [0, 0.05) is 13.1 Å². The zero-order valence-corrected chi connectivity index (χ0v) is 10.6. The largest absolute Gasteiger partial charge is 0.341 e. The average Bonchev–Trinajstić information content (AvgIpc) is 2.97. The van der Waals surface area contributed by atoms with Crippen molar-refractivity contribution in [2.75, 3.05) is 13.6 Å². The van der Waals surface area contributed by atoms with E-state index in [1.165, 1.54) is 12.8 Å². The van der Waals surface area contributed by atoms with Crippen molar-refractivity contribution in [2.24, 2.45) is 5.92 Å². The van der Waals surface area contributed by atoms with Crippen molar-refractivity contribution in [3.05, 3.63) is 0 Å². The topological polar surface area (TPSA) is 32.3 Å². The van der Waals surface area contributed by atoms with Gasteiger partial charge >= 0.3 is 0 Å². The number of rotatable bonds is 5. The number of hydrogen-bond donors (Lipinski definition) is 1. The quantitative estimate of drug-likeness (QED) is 0.751. The van der Waals surface area contributed by atoms with E-state index in [2.05, 4.69) is 12.2 Å². The lowest BCUT2D eigenvalue weighted by Crippen LogP contribution is -2.55. The van der Waals surface area contributed by atoms with Gasteiger partial charge in [-0.25, -0.2) is 0 Å². The molecule has 0 aromatic heterocycles. The summed E-state index contributed by atoms with van der Waals surface area (Å²) in [6.45, 7) is 8.91. The summed E-state index contributed by atoms with van der Waals surface area (Å²) < 4.78 is 0. The molecule has 1 saturated carbocycles. The van der Waals surface area contributed by atoms with Crippen LogP contribution < -0.4 is 5.32 Å². The Hall–Kier alpha value is -0.570. The van der Waals surface area contributed by atoms with Crippen molar-refractivity contribution in [1.82, 2.24) is 10.2 Å². The second kappa shape index (κ2) is 4.52. The first-order valence-corrected chi connectivity index (χ1v) is 5.92. The Kier molecular flexibility index (Phi) is 3.77. The van der Waals surface area contributed by atoms with Crippen LogP contribution in [0.25, 0.3) is 0 Å². The standard InChI is InChI=1S/C12H24N2O/c1-6-13-12(3,4)11(15)14(5)9(2)10-7-8-10/h9-10,13H,6-8H2,1-5H3. The van der Waals surface area contributed by atoms with Crippen molar-refractivity contribution in [3.8, 4) is 0 Å². The Morgan fingerprint density at radius 1 is 1.53 bits per heavy atom. The molecule has 3 heteroatoms. The van der Waals surface area contributed by atoms with Gasteiger partial charge in [0.25, 0.3) is 0 Å². The Morgan fingerprint density at radius 3 is 2.47 bits per heavy atom. The molecule has 1 aliphatic rings.